The van der Waals surface area contributed by atoms with E-state index in [2.05, 4.69) is 11.9 Å². The Morgan fingerprint density at radius 3 is 2.61 bits per heavy atom. The summed E-state index contributed by atoms with van der Waals surface area (Å²) >= 11 is 0. The first kappa shape index (κ1) is 25.5. The van der Waals surface area contributed by atoms with E-state index in [1.54, 1.807) is 6.92 Å². The number of hydrogen-bond acceptors (Lipinski definition) is 5. The first-order valence-electron chi connectivity index (χ1n) is 7.93. The SMILES string of the molecule is CCCC/C=C/CC([O-])=NCCN(CCC(=O)O)CC(C)O.[K+]. The summed E-state index contributed by atoms with van der Waals surface area (Å²) in [5, 5.41) is 29.6. The number of allylic oxidation sites excluding steroid dienone is 1. The molecule has 0 aliphatic rings. The van der Waals surface area contributed by atoms with Crippen molar-refractivity contribution in [3.63, 3.8) is 0 Å². The van der Waals surface area contributed by atoms with Crippen LogP contribution in [0.25, 0.3) is 0 Å². The number of rotatable bonds is 13. The van der Waals surface area contributed by atoms with Crippen molar-refractivity contribution >= 4 is 11.9 Å². The van der Waals surface area contributed by atoms with Gasteiger partial charge in [0, 0.05) is 19.6 Å². The second-order valence-corrected chi connectivity index (χ2v) is 5.39. The van der Waals surface area contributed by atoms with Crippen molar-refractivity contribution in [2.45, 2.75) is 52.1 Å². The predicted octanol–water partition coefficient (Wildman–Crippen LogP) is -1.96. The van der Waals surface area contributed by atoms with Crippen molar-refractivity contribution in [3.05, 3.63) is 12.2 Å². The third kappa shape index (κ3) is 18.4. The summed E-state index contributed by atoms with van der Waals surface area (Å²) in [5.74, 6) is -1.04. The number of unbranched alkanes of at least 4 members (excludes halogenated alkanes) is 2. The minimum atomic E-state index is -0.874. The zero-order valence-corrected chi connectivity index (χ0v) is 17.8. The molecule has 0 bridgehead atoms. The van der Waals surface area contributed by atoms with E-state index >= 15 is 0 Å². The summed E-state index contributed by atoms with van der Waals surface area (Å²) in [5.41, 5.74) is 0. The van der Waals surface area contributed by atoms with Crippen LogP contribution < -0.4 is 56.5 Å². The molecule has 0 radical (unpaired) electrons. The fourth-order valence-electron chi connectivity index (χ4n) is 1.93. The minimum absolute atomic E-state index is 0. The van der Waals surface area contributed by atoms with Crippen LogP contribution in [0.4, 0.5) is 0 Å². The number of aliphatic hydroxyl groups excluding tert-OH is 1. The Hall–Kier alpha value is 0.236. The van der Waals surface area contributed by atoms with Crippen molar-refractivity contribution in [1.82, 2.24) is 4.90 Å². The van der Waals surface area contributed by atoms with Crippen LogP contribution in [0.15, 0.2) is 17.1 Å². The van der Waals surface area contributed by atoms with Gasteiger partial charge in [0.05, 0.1) is 19.1 Å². The quantitative estimate of drug-likeness (QED) is 0.132. The monoisotopic (exact) mass is 352 g/mol. The van der Waals surface area contributed by atoms with E-state index < -0.39 is 12.1 Å². The molecule has 1 atom stereocenters. The molecule has 0 heterocycles. The second-order valence-electron chi connectivity index (χ2n) is 5.39. The number of carbonyl (C=O) groups is 1. The number of aliphatic carboxylic acids is 1. The van der Waals surface area contributed by atoms with Crippen LogP contribution in [-0.2, 0) is 4.79 Å². The number of carboxylic acid groups (broad SMARTS) is 1. The second kappa shape index (κ2) is 17.1. The van der Waals surface area contributed by atoms with Gasteiger partial charge in [-0.15, -0.1) is 0 Å². The molecule has 0 aromatic heterocycles. The number of hydrogen-bond donors (Lipinski definition) is 2. The molecule has 7 heteroatoms. The Morgan fingerprint density at radius 1 is 1.35 bits per heavy atom. The van der Waals surface area contributed by atoms with Gasteiger partial charge in [-0.1, -0.05) is 31.9 Å². The normalized spacial score (nSPS) is 13.3. The van der Waals surface area contributed by atoms with Crippen LogP contribution in [0, 0.1) is 0 Å². The molecule has 6 nitrogen and oxygen atoms in total. The fourth-order valence-corrected chi connectivity index (χ4v) is 1.93. The molecule has 0 saturated carbocycles. The molecular weight excluding hydrogens is 323 g/mol. The number of carboxylic acids is 1. The van der Waals surface area contributed by atoms with Gasteiger partial charge in [-0.2, -0.15) is 0 Å². The molecule has 0 spiro atoms. The maximum atomic E-state index is 11.6. The zero-order valence-electron chi connectivity index (χ0n) is 14.7. The minimum Gasteiger partial charge on any atom is -0.862 e. The van der Waals surface area contributed by atoms with Crippen LogP contribution in [0.1, 0.15) is 46.0 Å². The molecule has 0 aliphatic heterocycles. The van der Waals surface area contributed by atoms with Gasteiger partial charge in [0.15, 0.2) is 0 Å². The molecule has 0 fully saturated rings. The Bertz CT molecular complexity index is 360. The average Bonchev–Trinajstić information content (AvgIpc) is 2.43. The van der Waals surface area contributed by atoms with E-state index in [1.807, 2.05) is 17.1 Å². The van der Waals surface area contributed by atoms with Gasteiger partial charge in [0.2, 0.25) is 0 Å². The summed E-state index contributed by atoms with van der Waals surface area (Å²) in [6, 6.07) is 0. The van der Waals surface area contributed by atoms with Crippen LogP contribution in [0.5, 0.6) is 0 Å². The predicted molar refractivity (Wildman–Crippen MR) is 86.0 cm³/mol. The number of aliphatic hydroxyl groups is 1. The van der Waals surface area contributed by atoms with Crippen LogP contribution >= 0.6 is 0 Å². The van der Waals surface area contributed by atoms with E-state index in [1.165, 1.54) is 0 Å². The first-order valence-corrected chi connectivity index (χ1v) is 7.93. The van der Waals surface area contributed by atoms with Gasteiger partial charge in [0.25, 0.3) is 0 Å². The molecular formula is C16H29KN2O4. The topological polar surface area (TPSA) is 96.2 Å². The maximum absolute atomic E-state index is 11.6. The van der Waals surface area contributed by atoms with E-state index in [9.17, 15) is 15.0 Å². The summed E-state index contributed by atoms with van der Waals surface area (Å²) < 4.78 is 0. The first-order chi connectivity index (χ1) is 10.5. The van der Waals surface area contributed by atoms with Crippen LogP contribution in [0.3, 0.4) is 0 Å². The van der Waals surface area contributed by atoms with Gasteiger partial charge < -0.3 is 20.3 Å². The zero-order chi connectivity index (χ0) is 16.8. The van der Waals surface area contributed by atoms with E-state index in [-0.39, 0.29) is 63.7 Å². The van der Waals surface area contributed by atoms with E-state index in [0.717, 1.165) is 19.3 Å². The van der Waals surface area contributed by atoms with Gasteiger partial charge >= 0.3 is 57.4 Å². The molecule has 23 heavy (non-hydrogen) atoms. The molecule has 0 saturated heterocycles. The Balaban J connectivity index is 0. The summed E-state index contributed by atoms with van der Waals surface area (Å²) in [6.07, 6.45) is 6.89. The van der Waals surface area contributed by atoms with E-state index in [4.69, 9.17) is 5.11 Å². The van der Waals surface area contributed by atoms with Gasteiger partial charge in [-0.25, -0.2) is 0 Å². The van der Waals surface area contributed by atoms with Crippen molar-refractivity contribution in [3.8, 4) is 0 Å². The van der Waals surface area contributed by atoms with Gasteiger partial charge in [-0.05, 0) is 25.7 Å². The summed E-state index contributed by atoms with van der Waals surface area (Å²) in [6.45, 7) is 5.31. The third-order valence-electron chi connectivity index (χ3n) is 3.05. The maximum Gasteiger partial charge on any atom is 1.00 e. The number of nitrogens with zero attached hydrogens (tertiary/aromatic N) is 2. The largest absolute Gasteiger partial charge is 1.00 e. The molecule has 0 rings (SSSR count). The molecule has 2 N–H and O–H groups in total. The standard InChI is InChI=1S/C16H30N2O4.K/c1-3-4-5-6-7-8-15(20)17-10-12-18(13-14(2)19)11-9-16(21)22;/h6-7,14,19H,3-5,8-13H2,1-2H3,(H,17,20)(H,21,22);/q;+1/p-1/b7-6+;. The molecule has 0 aromatic carbocycles. The van der Waals surface area contributed by atoms with E-state index in [0.29, 0.717) is 32.6 Å². The van der Waals surface area contributed by atoms with Crippen molar-refractivity contribution < 1.29 is 71.5 Å². The fraction of sp³-hybridized carbons (Fsp3) is 0.750. The molecule has 0 amide bonds. The smallest absolute Gasteiger partial charge is 0.862 e. The van der Waals surface area contributed by atoms with Crippen LogP contribution in [0.2, 0.25) is 0 Å². The molecule has 0 aromatic rings. The number of aliphatic imine (C=N–C) groups is 1. The Morgan fingerprint density at radius 2 is 2.04 bits per heavy atom. The average molecular weight is 353 g/mol. The van der Waals surface area contributed by atoms with Crippen molar-refractivity contribution in [1.29, 1.82) is 0 Å². The Labute approximate surface area is 182 Å². The van der Waals surface area contributed by atoms with Crippen molar-refractivity contribution in [2.75, 3.05) is 26.2 Å². The van der Waals surface area contributed by atoms with Crippen molar-refractivity contribution in [2.24, 2.45) is 4.99 Å². The summed E-state index contributed by atoms with van der Waals surface area (Å²) in [7, 11) is 0. The third-order valence-corrected chi connectivity index (χ3v) is 3.05. The molecule has 128 valence electrons. The molecule has 0 aliphatic carbocycles. The molecule has 1 unspecified atom stereocenters. The van der Waals surface area contributed by atoms with Gasteiger partial charge in [-0.3, -0.25) is 9.69 Å². The summed E-state index contributed by atoms with van der Waals surface area (Å²) in [4.78, 5) is 16.4. The van der Waals surface area contributed by atoms with Gasteiger partial charge in [0.1, 0.15) is 0 Å². The van der Waals surface area contributed by atoms with Crippen LogP contribution in [-0.4, -0.2) is 59.3 Å². The Kier molecular flexibility index (Phi) is 18.9.